The van der Waals surface area contributed by atoms with Crippen molar-refractivity contribution in [2.24, 2.45) is 4.99 Å². The lowest BCUT2D eigenvalue weighted by Gasteiger charge is -2.27. The summed E-state index contributed by atoms with van der Waals surface area (Å²) in [6.07, 6.45) is 0. The Labute approximate surface area is 148 Å². The first kappa shape index (κ1) is 16.0. The molecular weight excluding hydrogens is 342 g/mol. The normalized spacial score (nSPS) is 23.2. The average Bonchev–Trinajstić information content (AvgIpc) is 3.12. The van der Waals surface area contributed by atoms with E-state index in [1.54, 1.807) is 24.3 Å². The van der Waals surface area contributed by atoms with E-state index in [2.05, 4.69) is 4.99 Å². The molecule has 1 fully saturated rings. The van der Waals surface area contributed by atoms with E-state index in [9.17, 15) is 14.4 Å². The number of amidine groups is 1. The van der Waals surface area contributed by atoms with Gasteiger partial charge in [0, 0.05) is 25.6 Å². The Bertz CT molecular complexity index is 855. The summed E-state index contributed by atoms with van der Waals surface area (Å²) < 4.78 is 5.32. The topological polar surface area (TPSA) is 79.3 Å². The summed E-state index contributed by atoms with van der Waals surface area (Å²) in [5, 5.41) is 0.586. The van der Waals surface area contributed by atoms with Gasteiger partial charge in [-0.15, -0.1) is 0 Å². The van der Waals surface area contributed by atoms with Crippen LogP contribution in [0.5, 0.6) is 0 Å². The Morgan fingerprint density at radius 1 is 1.20 bits per heavy atom. The van der Waals surface area contributed by atoms with E-state index in [0.29, 0.717) is 42.7 Å². The molecule has 3 amide bonds. The fraction of sp³-hybridized carbons (Fsp3) is 0.294. The molecule has 8 heteroatoms. The third-order valence-corrected chi connectivity index (χ3v) is 5.35. The van der Waals surface area contributed by atoms with Gasteiger partial charge in [-0.05, 0) is 17.8 Å². The lowest BCUT2D eigenvalue weighted by molar-refractivity contribution is -0.122. The number of thioether (sulfide) groups is 1. The highest BCUT2D eigenvalue weighted by Gasteiger charge is 2.41. The number of fused-ring (bicyclic) bond motifs is 1. The van der Waals surface area contributed by atoms with Gasteiger partial charge in [-0.1, -0.05) is 18.2 Å². The molecule has 0 aromatic heterocycles. The molecule has 1 aromatic rings. The van der Waals surface area contributed by atoms with Crippen LogP contribution in [0.4, 0.5) is 5.69 Å². The summed E-state index contributed by atoms with van der Waals surface area (Å²) in [4.78, 5) is 44.7. The molecule has 7 nitrogen and oxygen atoms in total. The molecule has 128 valence electrons. The van der Waals surface area contributed by atoms with Gasteiger partial charge in [0.1, 0.15) is 0 Å². The largest absolute Gasteiger partial charge is 0.378 e. The van der Waals surface area contributed by atoms with Crippen LogP contribution < -0.4 is 4.90 Å². The SMILES string of the molecule is CC(=O)N1C(=O)/C(=C2\SC(N3CCOCC3)=NC2=O)c2ccccc21. The van der Waals surface area contributed by atoms with Gasteiger partial charge in [0.15, 0.2) is 5.17 Å². The highest BCUT2D eigenvalue weighted by atomic mass is 32.2. The molecular formula is C17H15N3O4S. The molecule has 1 aromatic carbocycles. The second kappa shape index (κ2) is 6.12. The van der Waals surface area contributed by atoms with Crippen LogP contribution in [0, 0.1) is 0 Å². The molecule has 0 unspecified atom stereocenters. The van der Waals surface area contributed by atoms with Crippen LogP contribution in [0.2, 0.25) is 0 Å². The van der Waals surface area contributed by atoms with Crippen LogP contribution in [0.1, 0.15) is 12.5 Å². The number of ether oxygens (including phenoxy) is 1. The number of morpholine rings is 1. The number of carbonyl (C=O) groups is 3. The first-order valence-electron chi connectivity index (χ1n) is 7.90. The van der Waals surface area contributed by atoms with Crippen LogP contribution in [-0.2, 0) is 19.1 Å². The Hall–Kier alpha value is -2.45. The number of amides is 3. The third-order valence-electron chi connectivity index (χ3n) is 4.24. The molecule has 3 aliphatic rings. The maximum atomic E-state index is 12.8. The van der Waals surface area contributed by atoms with Crippen molar-refractivity contribution in [1.82, 2.24) is 4.90 Å². The van der Waals surface area contributed by atoms with E-state index >= 15 is 0 Å². The third kappa shape index (κ3) is 2.58. The summed E-state index contributed by atoms with van der Waals surface area (Å²) in [5.41, 5.74) is 1.36. The van der Waals surface area contributed by atoms with Crippen LogP contribution >= 0.6 is 11.8 Å². The second-order valence-electron chi connectivity index (χ2n) is 5.78. The van der Waals surface area contributed by atoms with Crippen molar-refractivity contribution in [3.63, 3.8) is 0 Å². The molecule has 0 aliphatic carbocycles. The Morgan fingerprint density at radius 2 is 1.92 bits per heavy atom. The highest BCUT2D eigenvalue weighted by molar-refractivity contribution is 8.18. The first-order chi connectivity index (χ1) is 12.1. The Morgan fingerprint density at radius 3 is 2.64 bits per heavy atom. The van der Waals surface area contributed by atoms with Crippen molar-refractivity contribution in [3.05, 3.63) is 34.7 Å². The minimum absolute atomic E-state index is 0.257. The number of aliphatic imine (C=N–C) groups is 1. The molecule has 0 spiro atoms. The van der Waals surface area contributed by atoms with Crippen LogP contribution in [0.25, 0.3) is 5.57 Å². The number of para-hydroxylation sites is 1. The van der Waals surface area contributed by atoms with Crippen LogP contribution in [0.15, 0.2) is 34.2 Å². The van der Waals surface area contributed by atoms with Crippen molar-refractivity contribution in [1.29, 1.82) is 0 Å². The maximum absolute atomic E-state index is 12.8. The molecule has 0 saturated carbocycles. The van der Waals surface area contributed by atoms with E-state index in [0.717, 1.165) is 4.90 Å². The van der Waals surface area contributed by atoms with Crippen molar-refractivity contribution in [2.75, 3.05) is 31.2 Å². The lowest BCUT2D eigenvalue weighted by atomic mass is 10.1. The standard InChI is InChI=1S/C17H15N3O4S/c1-10(21)20-12-5-3-2-4-11(12)13(16(20)23)14-15(22)18-17(25-14)19-6-8-24-9-7-19/h2-5H,6-9H2,1H3/b14-13-. The van der Waals surface area contributed by atoms with Crippen molar-refractivity contribution in [2.45, 2.75) is 6.92 Å². The summed E-state index contributed by atoms with van der Waals surface area (Å²) in [6.45, 7) is 3.82. The second-order valence-corrected chi connectivity index (χ2v) is 6.76. The molecule has 0 N–H and O–H groups in total. The Kier molecular flexibility index (Phi) is 3.93. The van der Waals surface area contributed by atoms with Gasteiger partial charge in [0.2, 0.25) is 5.91 Å². The first-order valence-corrected chi connectivity index (χ1v) is 8.72. The molecule has 0 radical (unpaired) electrons. The van der Waals surface area contributed by atoms with Gasteiger partial charge >= 0.3 is 0 Å². The smallest absolute Gasteiger partial charge is 0.287 e. The molecule has 0 atom stereocenters. The maximum Gasteiger partial charge on any atom is 0.287 e. The highest BCUT2D eigenvalue weighted by Crippen LogP contribution is 2.43. The Balaban J connectivity index is 1.75. The number of hydrogen-bond donors (Lipinski definition) is 0. The van der Waals surface area contributed by atoms with Crippen molar-refractivity contribution in [3.8, 4) is 0 Å². The number of rotatable bonds is 0. The van der Waals surface area contributed by atoms with Crippen LogP contribution in [0.3, 0.4) is 0 Å². The van der Waals surface area contributed by atoms with Gasteiger partial charge in [-0.25, -0.2) is 4.90 Å². The fourth-order valence-corrected chi connectivity index (χ4v) is 4.15. The van der Waals surface area contributed by atoms with Gasteiger partial charge in [-0.3, -0.25) is 14.4 Å². The molecule has 0 bridgehead atoms. The minimum atomic E-state index is -0.469. The molecule has 3 heterocycles. The number of nitrogens with zero attached hydrogens (tertiary/aromatic N) is 3. The predicted molar refractivity (Wildman–Crippen MR) is 94.0 cm³/mol. The number of carbonyl (C=O) groups excluding carboxylic acids is 3. The summed E-state index contributed by atoms with van der Waals surface area (Å²) >= 11 is 1.20. The number of anilines is 1. The monoisotopic (exact) mass is 357 g/mol. The average molecular weight is 357 g/mol. The van der Waals surface area contributed by atoms with E-state index < -0.39 is 11.8 Å². The van der Waals surface area contributed by atoms with Gasteiger partial charge in [-0.2, -0.15) is 4.99 Å². The van der Waals surface area contributed by atoms with Crippen LogP contribution in [-0.4, -0.2) is 54.1 Å². The summed E-state index contributed by atoms with van der Waals surface area (Å²) in [5.74, 6) is -1.28. The summed E-state index contributed by atoms with van der Waals surface area (Å²) in [7, 11) is 0. The number of hydrogen-bond acceptors (Lipinski definition) is 6. The quantitative estimate of drug-likeness (QED) is 0.650. The molecule has 4 rings (SSSR count). The zero-order valence-electron chi connectivity index (χ0n) is 13.5. The lowest BCUT2D eigenvalue weighted by Crippen LogP contribution is -2.38. The zero-order chi connectivity index (χ0) is 17.6. The van der Waals surface area contributed by atoms with Crippen molar-refractivity contribution < 1.29 is 19.1 Å². The van der Waals surface area contributed by atoms with E-state index in [1.807, 2.05) is 4.90 Å². The van der Waals surface area contributed by atoms with Gasteiger partial charge < -0.3 is 9.64 Å². The molecule has 3 aliphatic heterocycles. The minimum Gasteiger partial charge on any atom is -0.378 e. The number of benzene rings is 1. The number of imide groups is 1. The fourth-order valence-electron chi connectivity index (χ4n) is 3.09. The summed E-state index contributed by atoms with van der Waals surface area (Å²) in [6, 6.07) is 6.99. The van der Waals surface area contributed by atoms with E-state index in [4.69, 9.17) is 4.74 Å². The zero-order valence-corrected chi connectivity index (χ0v) is 14.3. The molecule has 25 heavy (non-hydrogen) atoms. The molecule has 1 saturated heterocycles. The van der Waals surface area contributed by atoms with Gasteiger partial charge in [0.25, 0.3) is 11.8 Å². The van der Waals surface area contributed by atoms with Gasteiger partial charge in [0.05, 0.1) is 29.4 Å². The predicted octanol–water partition coefficient (Wildman–Crippen LogP) is 1.25. The van der Waals surface area contributed by atoms with E-state index in [1.165, 1.54) is 18.7 Å². The van der Waals surface area contributed by atoms with Crippen molar-refractivity contribution >= 4 is 45.9 Å². The van der Waals surface area contributed by atoms with E-state index in [-0.39, 0.29) is 16.4 Å².